The molecule has 2 N–H and O–H groups in total. The van der Waals surface area contributed by atoms with E-state index in [-0.39, 0.29) is 17.8 Å². The second-order valence-electron chi connectivity index (χ2n) is 2.55. The summed E-state index contributed by atoms with van der Waals surface area (Å²) in [5.41, 5.74) is 5.48. The molecule has 0 atom stereocenters. The van der Waals surface area contributed by atoms with Crippen LogP contribution in [0.25, 0.3) is 0 Å². The van der Waals surface area contributed by atoms with E-state index in [2.05, 4.69) is 4.98 Å². The predicted octanol–water partition coefficient (Wildman–Crippen LogP) is 2.27. The number of nitrogens with zero attached hydrogens (tertiary/aromatic N) is 2. The zero-order valence-corrected chi connectivity index (χ0v) is 9.12. The molecule has 1 aromatic rings. The van der Waals surface area contributed by atoms with Crippen LogP contribution < -0.4 is 5.73 Å². The van der Waals surface area contributed by atoms with Crippen molar-refractivity contribution < 1.29 is 8.78 Å². The van der Waals surface area contributed by atoms with E-state index in [0.717, 1.165) is 0 Å². The van der Waals surface area contributed by atoms with Gasteiger partial charge in [0.05, 0.1) is 18.1 Å². The van der Waals surface area contributed by atoms with Gasteiger partial charge in [0.2, 0.25) is 0 Å². The fraction of sp³-hybridized carbons (Fsp3) is 0.250. The van der Waals surface area contributed by atoms with E-state index in [4.69, 9.17) is 11.0 Å². The lowest BCUT2D eigenvalue weighted by Gasteiger charge is -2.06. The Bertz CT molecular complexity index is 387. The van der Waals surface area contributed by atoms with E-state index >= 15 is 0 Å². The highest BCUT2D eigenvalue weighted by Gasteiger charge is 2.15. The molecule has 0 aliphatic heterocycles. The first-order valence-corrected chi connectivity index (χ1v) is 4.74. The normalized spacial score (nSPS) is 10.2. The van der Waals surface area contributed by atoms with Gasteiger partial charge in [-0.1, -0.05) is 0 Å². The molecule has 0 spiro atoms. The van der Waals surface area contributed by atoms with Crippen LogP contribution in [0.3, 0.4) is 0 Å². The molecule has 6 heteroatoms. The number of nitrogen functional groups attached to an aromatic ring is 1. The van der Waals surface area contributed by atoms with E-state index in [0.29, 0.717) is 9.26 Å². The number of aromatic nitrogens is 1. The molecule has 0 saturated heterocycles. The second-order valence-corrected chi connectivity index (χ2v) is 3.57. The van der Waals surface area contributed by atoms with E-state index in [1.165, 1.54) is 6.07 Å². The molecular formula is C8H6F2IN3. The molecule has 0 bridgehead atoms. The third-order valence-electron chi connectivity index (χ3n) is 1.61. The first-order chi connectivity index (χ1) is 6.56. The minimum Gasteiger partial charge on any atom is -0.383 e. The average molecular weight is 309 g/mol. The van der Waals surface area contributed by atoms with Gasteiger partial charge in [0.1, 0.15) is 9.52 Å². The summed E-state index contributed by atoms with van der Waals surface area (Å²) in [4.78, 5) is 3.75. The first-order valence-electron chi connectivity index (χ1n) is 3.66. The third-order valence-corrected chi connectivity index (χ3v) is 2.55. The van der Waals surface area contributed by atoms with E-state index < -0.39 is 6.43 Å². The van der Waals surface area contributed by atoms with Crippen LogP contribution >= 0.6 is 22.6 Å². The average Bonchev–Trinajstić information content (AvgIpc) is 2.09. The molecule has 0 radical (unpaired) electrons. The van der Waals surface area contributed by atoms with Gasteiger partial charge >= 0.3 is 0 Å². The molecule has 74 valence electrons. The Kier molecular flexibility index (Phi) is 3.57. The summed E-state index contributed by atoms with van der Waals surface area (Å²) in [7, 11) is 0. The second kappa shape index (κ2) is 4.50. The quantitative estimate of drug-likeness (QED) is 0.673. The maximum Gasteiger partial charge on any atom is 0.267 e. The molecular weight excluding hydrogens is 303 g/mol. The number of nitriles is 1. The Morgan fingerprint density at radius 2 is 2.29 bits per heavy atom. The number of nitrogens with two attached hydrogens (primary N) is 1. The summed E-state index contributed by atoms with van der Waals surface area (Å²) in [6.07, 6.45) is -2.59. The maximum atomic E-state index is 12.4. The van der Waals surface area contributed by atoms with Gasteiger partial charge in [-0.3, -0.25) is 0 Å². The van der Waals surface area contributed by atoms with Crippen LogP contribution in [0.2, 0.25) is 0 Å². The van der Waals surface area contributed by atoms with Gasteiger partial charge in [0.25, 0.3) is 6.43 Å². The van der Waals surface area contributed by atoms with Crippen molar-refractivity contribution in [3.05, 3.63) is 20.9 Å². The van der Waals surface area contributed by atoms with Crippen molar-refractivity contribution in [3.8, 4) is 6.07 Å². The number of hydrogen-bond donors (Lipinski definition) is 1. The molecule has 0 amide bonds. The van der Waals surface area contributed by atoms with Crippen LogP contribution in [0.5, 0.6) is 0 Å². The molecule has 14 heavy (non-hydrogen) atoms. The fourth-order valence-corrected chi connectivity index (χ4v) is 1.55. The molecule has 1 heterocycles. The van der Waals surface area contributed by atoms with Crippen LogP contribution in [0.1, 0.15) is 17.6 Å². The monoisotopic (exact) mass is 309 g/mol. The number of halogens is 3. The van der Waals surface area contributed by atoms with Crippen molar-refractivity contribution >= 4 is 28.4 Å². The summed E-state index contributed by atoms with van der Waals surface area (Å²) < 4.78 is 25.2. The summed E-state index contributed by atoms with van der Waals surface area (Å²) in [6, 6.07) is 3.11. The minimum absolute atomic E-state index is 0.0608. The largest absolute Gasteiger partial charge is 0.383 e. The summed E-state index contributed by atoms with van der Waals surface area (Å²) in [5, 5.41) is 8.44. The van der Waals surface area contributed by atoms with Crippen LogP contribution in [0.15, 0.2) is 6.07 Å². The van der Waals surface area contributed by atoms with Gasteiger partial charge in [0.15, 0.2) is 0 Å². The number of hydrogen-bond acceptors (Lipinski definition) is 3. The SMILES string of the molecule is N#CCc1cc(C(F)F)c(N)nc1I. The first kappa shape index (κ1) is 11.1. The predicted molar refractivity (Wildman–Crippen MR) is 55.6 cm³/mol. The molecule has 0 aromatic carbocycles. The number of alkyl halides is 2. The lowest BCUT2D eigenvalue weighted by molar-refractivity contribution is 0.152. The van der Waals surface area contributed by atoms with Crippen molar-refractivity contribution in [1.29, 1.82) is 5.26 Å². The van der Waals surface area contributed by atoms with E-state index in [1.54, 1.807) is 0 Å². The smallest absolute Gasteiger partial charge is 0.267 e. The van der Waals surface area contributed by atoms with E-state index in [1.807, 2.05) is 28.7 Å². The van der Waals surface area contributed by atoms with Crippen molar-refractivity contribution in [2.45, 2.75) is 12.8 Å². The Labute approximate surface area is 93.1 Å². The number of pyridine rings is 1. The van der Waals surface area contributed by atoms with Crippen molar-refractivity contribution in [3.63, 3.8) is 0 Å². The maximum absolute atomic E-state index is 12.4. The zero-order valence-electron chi connectivity index (χ0n) is 6.97. The van der Waals surface area contributed by atoms with Gasteiger partial charge in [-0.15, -0.1) is 0 Å². The molecule has 3 nitrogen and oxygen atoms in total. The van der Waals surface area contributed by atoms with Crippen LogP contribution in [-0.2, 0) is 6.42 Å². The topological polar surface area (TPSA) is 62.7 Å². The highest BCUT2D eigenvalue weighted by molar-refractivity contribution is 14.1. The Hall–Kier alpha value is -0.970. The molecule has 0 aliphatic carbocycles. The van der Waals surface area contributed by atoms with Gasteiger partial charge in [-0.05, 0) is 34.2 Å². The van der Waals surface area contributed by atoms with Gasteiger partial charge < -0.3 is 5.73 Å². The zero-order chi connectivity index (χ0) is 10.7. The number of rotatable bonds is 2. The molecule has 1 aromatic heterocycles. The van der Waals surface area contributed by atoms with Crippen LogP contribution in [0, 0.1) is 15.0 Å². The summed E-state index contributed by atoms with van der Waals surface area (Å²) in [5.74, 6) is -0.175. The van der Waals surface area contributed by atoms with Gasteiger partial charge in [-0.2, -0.15) is 5.26 Å². The third kappa shape index (κ3) is 2.29. The Balaban J connectivity index is 3.21. The van der Waals surface area contributed by atoms with Gasteiger partial charge in [0, 0.05) is 0 Å². The van der Waals surface area contributed by atoms with Crippen LogP contribution in [-0.4, -0.2) is 4.98 Å². The fourth-order valence-electron chi connectivity index (χ4n) is 0.947. The van der Waals surface area contributed by atoms with Crippen LogP contribution in [0.4, 0.5) is 14.6 Å². The van der Waals surface area contributed by atoms with Crippen molar-refractivity contribution in [1.82, 2.24) is 4.98 Å². The Morgan fingerprint density at radius 3 is 2.79 bits per heavy atom. The molecule has 0 saturated carbocycles. The Morgan fingerprint density at radius 1 is 1.64 bits per heavy atom. The van der Waals surface area contributed by atoms with Crippen molar-refractivity contribution in [2.75, 3.05) is 5.73 Å². The molecule has 0 unspecified atom stereocenters. The molecule has 0 aliphatic rings. The lowest BCUT2D eigenvalue weighted by atomic mass is 10.1. The number of anilines is 1. The minimum atomic E-state index is -2.66. The van der Waals surface area contributed by atoms with E-state index in [9.17, 15) is 8.78 Å². The highest BCUT2D eigenvalue weighted by atomic mass is 127. The summed E-state index contributed by atoms with van der Waals surface area (Å²) >= 11 is 1.86. The molecule has 1 rings (SSSR count). The summed E-state index contributed by atoms with van der Waals surface area (Å²) in [6.45, 7) is 0. The van der Waals surface area contributed by atoms with Gasteiger partial charge in [-0.25, -0.2) is 13.8 Å². The standard InChI is InChI=1S/C8H6F2IN3/c9-6(10)5-3-4(1-2-12)7(11)14-8(5)13/h3,6H,1H2,(H2,13,14). The highest BCUT2D eigenvalue weighted by Crippen LogP contribution is 2.26. The molecule has 0 fully saturated rings. The lowest BCUT2D eigenvalue weighted by Crippen LogP contribution is -2.03. The van der Waals surface area contributed by atoms with Crippen molar-refractivity contribution in [2.24, 2.45) is 0 Å².